The minimum Gasteiger partial charge on any atom is -0.497 e. The van der Waals surface area contributed by atoms with Gasteiger partial charge >= 0.3 is 0 Å². The molecule has 18 heavy (non-hydrogen) atoms. The van der Waals surface area contributed by atoms with Crippen LogP contribution in [0.3, 0.4) is 0 Å². The molecule has 2 N–H and O–H groups in total. The van der Waals surface area contributed by atoms with Gasteiger partial charge in [0.15, 0.2) is 0 Å². The van der Waals surface area contributed by atoms with Crippen molar-refractivity contribution in [2.45, 2.75) is 26.0 Å². The van der Waals surface area contributed by atoms with E-state index >= 15 is 0 Å². The first-order chi connectivity index (χ1) is 8.67. The highest BCUT2D eigenvalue weighted by Crippen LogP contribution is 2.29. The smallest absolute Gasteiger partial charge is 0.120 e. The van der Waals surface area contributed by atoms with Crippen LogP contribution in [0.5, 0.6) is 5.75 Å². The molecule has 0 fully saturated rings. The zero-order chi connectivity index (χ0) is 13.1. The van der Waals surface area contributed by atoms with E-state index in [1.165, 1.54) is 0 Å². The summed E-state index contributed by atoms with van der Waals surface area (Å²) in [5, 5.41) is 19.8. The summed E-state index contributed by atoms with van der Waals surface area (Å²) in [7, 11) is 1.64. The zero-order valence-electron chi connectivity index (χ0n) is 10.8. The summed E-state index contributed by atoms with van der Waals surface area (Å²) >= 11 is 0. The predicted octanol–water partition coefficient (Wildman–Crippen LogP) is 2.09. The van der Waals surface area contributed by atoms with Crippen LogP contribution in [0.25, 0.3) is 10.9 Å². The van der Waals surface area contributed by atoms with Crippen molar-refractivity contribution >= 4 is 10.9 Å². The molecule has 0 aliphatic carbocycles. The van der Waals surface area contributed by atoms with E-state index in [1.807, 2.05) is 24.4 Å². The molecule has 0 aliphatic heterocycles. The van der Waals surface area contributed by atoms with Gasteiger partial charge in [0.1, 0.15) is 5.75 Å². The van der Waals surface area contributed by atoms with Crippen LogP contribution in [0, 0.1) is 0 Å². The minimum atomic E-state index is -0.503. The van der Waals surface area contributed by atoms with Gasteiger partial charge in [-0.3, -0.25) is 0 Å². The second-order valence-corrected chi connectivity index (χ2v) is 4.41. The molecule has 2 rings (SSSR count). The molecule has 98 valence electrons. The number of hydrogen-bond donors (Lipinski definition) is 2. The Morgan fingerprint density at radius 2 is 2.17 bits per heavy atom. The van der Waals surface area contributed by atoms with Gasteiger partial charge in [0.25, 0.3) is 0 Å². The van der Waals surface area contributed by atoms with Gasteiger partial charge in [-0.2, -0.15) is 0 Å². The van der Waals surface area contributed by atoms with Crippen molar-refractivity contribution in [3.8, 4) is 5.75 Å². The molecule has 2 aromatic rings. The van der Waals surface area contributed by atoms with Crippen LogP contribution in [0.4, 0.5) is 0 Å². The molecular formula is C14H19NO3. The maximum Gasteiger partial charge on any atom is 0.120 e. The number of aryl methyl sites for hydroxylation is 1. The molecule has 0 saturated carbocycles. The van der Waals surface area contributed by atoms with Gasteiger partial charge in [0.2, 0.25) is 0 Å². The number of fused-ring (bicyclic) bond motifs is 1. The number of benzene rings is 1. The van der Waals surface area contributed by atoms with Crippen molar-refractivity contribution in [1.82, 2.24) is 4.57 Å². The molecule has 0 aliphatic rings. The van der Waals surface area contributed by atoms with Crippen LogP contribution < -0.4 is 4.74 Å². The lowest BCUT2D eigenvalue weighted by Crippen LogP contribution is -1.98. The molecule has 1 aromatic heterocycles. The average molecular weight is 249 g/mol. The van der Waals surface area contributed by atoms with E-state index in [-0.39, 0.29) is 6.61 Å². The minimum absolute atomic E-state index is 0.160. The summed E-state index contributed by atoms with van der Waals surface area (Å²) in [6.45, 7) is 2.65. The molecule has 0 amide bonds. The van der Waals surface area contributed by atoms with Crippen molar-refractivity contribution in [2.75, 3.05) is 13.7 Å². The lowest BCUT2D eigenvalue weighted by Gasteiger charge is -2.05. The Balaban J connectivity index is 2.53. The number of nitrogens with zero attached hydrogens (tertiary/aromatic N) is 1. The van der Waals surface area contributed by atoms with Crippen LogP contribution >= 0.6 is 0 Å². The summed E-state index contributed by atoms with van der Waals surface area (Å²) in [5.41, 5.74) is 1.93. The van der Waals surface area contributed by atoms with E-state index in [4.69, 9.17) is 9.84 Å². The topological polar surface area (TPSA) is 54.6 Å². The maximum absolute atomic E-state index is 9.79. The van der Waals surface area contributed by atoms with Crippen LogP contribution in [0.1, 0.15) is 25.0 Å². The fraction of sp³-hybridized carbons (Fsp3) is 0.429. The second kappa shape index (κ2) is 5.42. The Kier molecular flexibility index (Phi) is 3.89. The number of methoxy groups -OCH3 is 1. The van der Waals surface area contributed by atoms with Crippen molar-refractivity contribution in [3.63, 3.8) is 0 Å². The van der Waals surface area contributed by atoms with E-state index in [2.05, 4.69) is 4.57 Å². The summed E-state index contributed by atoms with van der Waals surface area (Å²) < 4.78 is 7.28. The largest absolute Gasteiger partial charge is 0.497 e. The summed E-state index contributed by atoms with van der Waals surface area (Å²) in [6.07, 6.45) is 2.14. The molecule has 1 heterocycles. The highest BCUT2D eigenvalue weighted by atomic mass is 16.5. The Labute approximate surface area is 106 Å². The van der Waals surface area contributed by atoms with Crippen LogP contribution in [-0.4, -0.2) is 28.5 Å². The molecule has 0 bridgehead atoms. The molecule has 0 radical (unpaired) electrons. The van der Waals surface area contributed by atoms with Crippen molar-refractivity contribution in [3.05, 3.63) is 30.0 Å². The Hall–Kier alpha value is -1.52. The predicted molar refractivity (Wildman–Crippen MR) is 70.8 cm³/mol. The zero-order valence-corrected chi connectivity index (χ0v) is 10.8. The highest BCUT2D eigenvalue weighted by molar-refractivity contribution is 5.85. The lowest BCUT2D eigenvalue weighted by molar-refractivity contribution is 0.200. The third-order valence-electron chi connectivity index (χ3n) is 3.13. The summed E-state index contributed by atoms with van der Waals surface area (Å²) in [5.74, 6) is 0.794. The van der Waals surface area contributed by atoms with Crippen molar-refractivity contribution < 1.29 is 14.9 Å². The number of aliphatic hydroxyl groups is 2. The van der Waals surface area contributed by atoms with E-state index < -0.39 is 6.10 Å². The standard InChI is InChI=1S/C14H19NO3/c1-10(17)13-9-15(6-3-7-16)14-8-11(18-2)4-5-12(13)14/h4-5,8-10,16-17H,3,6-7H2,1-2H3. The van der Waals surface area contributed by atoms with E-state index in [0.29, 0.717) is 6.42 Å². The van der Waals surface area contributed by atoms with Gasteiger partial charge in [-0.15, -0.1) is 0 Å². The molecule has 1 aromatic carbocycles. The van der Waals surface area contributed by atoms with Gasteiger partial charge in [0, 0.05) is 36.4 Å². The fourth-order valence-corrected chi connectivity index (χ4v) is 2.19. The third kappa shape index (κ3) is 2.35. The summed E-state index contributed by atoms with van der Waals surface area (Å²) in [6, 6.07) is 5.81. The van der Waals surface area contributed by atoms with Crippen LogP contribution in [-0.2, 0) is 6.54 Å². The normalized spacial score (nSPS) is 12.9. The van der Waals surface area contributed by atoms with Gasteiger partial charge in [-0.05, 0) is 25.5 Å². The molecule has 4 nitrogen and oxygen atoms in total. The van der Waals surface area contributed by atoms with Gasteiger partial charge in [0.05, 0.1) is 18.7 Å². The number of hydrogen-bond acceptors (Lipinski definition) is 3. The molecule has 1 unspecified atom stereocenters. The van der Waals surface area contributed by atoms with Gasteiger partial charge in [-0.25, -0.2) is 0 Å². The van der Waals surface area contributed by atoms with Gasteiger partial charge < -0.3 is 19.5 Å². The molecular weight excluding hydrogens is 230 g/mol. The number of rotatable bonds is 5. The quantitative estimate of drug-likeness (QED) is 0.853. The summed E-state index contributed by atoms with van der Waals surface area (Å²) in [4.78, 5) is 0. The maximum atomic E-state index is 9.79. The van der Waals surface area contributed by atoms with Crippen LogP contribution in [0.2, 0.25) is 0 Å². The average Bonchev–Trinajstić information content (AvgIpc) is 2.74. The van der Waals surface area contributed by atoms with Gasteiger partial charge in [-0.1, -0.05) is 0 Å². The Morgan fingerprint density at radius 3 is 2.78 bits per heavy atom. The second-order valence-electron chi connectivity index (χ2n) is 4.41. The Morgan fingerprint density at radius 1 is 1.39 bits per heavy atom. The molecule has 1 atom stereocenters. The first-order valence-electron chi connectivity index (χ1n) is 6.13. The van der Waals surface area contributed by atoms with E-state index in [9.17, 15) is 5.11 Å². The van der Waals surface area contributed by atoms with Crippen molar-refractivity contribution in [2.24, 2.45) is 0 Å². The van der Waals surface area contributed by atoms with E-state index in [1.54, 1.807) is 14.0 Å². The lowest BCUT2D eigenvalue weighted by atomic mass is 10.1. The SMILES string of the molecule is COc1ccc2c(C(C)O)cn(CCCO)c2c1. The van der Waals surface area contributed by atoms with E-state index in [0.717, 1.165) is 28.8 Å². The Bertz CT molecular complexity index is 531. The first kappa shape index (κ1) is 12.9. The fourth-order valence-electron chi connectivity index (χ4n) is 2.19. The highest BCUT2D eigenvalue weighted by Gasteiger charge is 2.12. The first-order valence-corrected chi connectivity index (χ1v) is 6.13. The monoisotopic (exact) mass is 249 g/mol. The third-order valence-corrected chi connectivity index (χ3v) is 3.13. The van der Waals surface area contributed by atoms with Crippen LogP contribution in [0.15, 0.2) is 24.4 Å². The molecule has 0 saturated heterocycles. The molecule has 0 spiro atoms. The number of aliphatic hydroxyl groups excluding tert-OH is 2. The van der Waals surface area contributed by atoms with Crippen molar-refractivity contribution in [1.29, 1.82) is 0 Å². The molecule has 4 heteroatoms. The number of aromatic nitrogens is 1. The number of ether oxygens (including phenoxy) is 1.